The molecule has 2 N–H and O–H groups in total. The molecule has 0 saturated heterocycles. The highest BCUT2D eigenvalue weighted by Gasteiger charge is 2.22. The molecule has 2 amide bonds. The van der Waals surface area contributed by atoms with Gasteiger partial charge in [-0.2, -0.15) is 0 Å². The van der Waals surface area contributed by atoms with Gasteiger partial charge < -0.3 is 19.5 Å². The normalized spacial score (nSPS) is 11.8. The highest BCUT2D eigenvalue weighted by Crippen LogP contribution is 2.29. The third-order valence-corrected chi connectivity index (χ3v) is 5.63. The summed E-state index contributed by atoms with van der Waals surface area (Å²) in [7, 11) is 0. The van der Waals surface area contributed by atoms with E-state index in [9.17, 15) is 9.59 Å². The highest BCUT2D eigenvalue weighted by atomic mass is 16.3. The fourth-order valence-electron chi connectivity index (χ4n) is 3.81. The Kier molecular flexibility index (Phi) is 5.70. The van der Waals surface area contributed by atoms with E-state index in [2.05, 4.69) is 10.6 Å². The molecule has 0 bridgehead atoms. The number of aryl methyl sites for hydroxylation is 1. The number of hydrogen-bond donors (Lipinski definition) is 2. The molecule has 0 aliphatic carbocycles. The Morgan fingerprint density at radius 1 is 0.824 bits per heavy atom. The molecule has 1 atom stereocenters. The summed E-state index contributed by atoms with van der Waals surface area (Å²) in [6.07, 6.45) is 1.44. The first-order chi connectivity index (χ1) is 16.6. The van der Waals surface area contributed by atoms with Crippen molar-refractivity contribution in [3.8, 4) is 0 Å². The summed E-state index contributed by atoms with van der Waals surface area (Å²) in [5.74, 6) is 0.167. The summed E-state index contributed by atoms with van der Waals surface area (Å²) >= 11 is 0. The predicted molar refractivity (Wildman–Crippen MR) is 130 cm³/mol. The standard InChI is InChI=1S/C28H22N2O4/c1-18-13-14-21(16-22(18)29-28(32)24-12-7-15-33-24)27(31)30-26(19-8-3-2-4-9-19)25-17-20-10-5-6-11-23(20)34-25/h2-17,26H,1H3,(H,29,32)(H,30,31). The van der Waals surface area contributed by atoms with Crippen molar-refractivity contribution >= 4 is 28.5 Å². The Hall–Kier alpha value is -4.58. The number of carbonyl (C=O) groups is 2. The molecule has 6 heteroatoms. The molecule has 0 aliphatic rings. The van der Waals surface area contributed by atoms with Gasteiger partial charge in [0.05, 0.1) is 6.26 Å². The number of hydrogen-bond acceptors (Lipinski definition) is 4. The lowest BCUT2D eigenvalue weighted by atomic mass is 10.0. The Bertz CT molecular complexity index is 1420. The lowest BCUT2D eigenvalue weighted by Gasteiger charge is -2.18. The fourth-order valence-corrected chi connectivity index (χ4v) is 3.81. The van der Waals surface area contributed by atoms with E-state index < -0.39 is 6.04 Å². The molecule has 6 nitrogen and oxygen atoms in total. The third kappa shape index (κ3) is 4.34. The molecular formula is C28H22N2O4. The quantitative estimate of drug-likeness (QED) is 0.327. The Morgan fingerprint density at radius 2 is 1.62 bits per heavy atom. The van der Waals surface area contributed by atoms with E-state index in [0.717, 1.165) is 22.1 Å². The van der Waals surface area contributed by atoms with Gasteiger partial charge in [-0.15, -0.1) is 0 Å². The van der Waals surface area contributed by atoms with Crippen LogP contribution in [0, 0.1) is 6.92 Å². The fraction of sp³-hybridized carbons (Fsp3) is 0.0714. The molecule has 0 spiro atoms. The van der Waals surface area contributed by atoms with Crippen LogP contribution >= 0.6 is 0 Å². The van der Waals surface area contributed by atoms with Crippen molar-refractivity contribution in [3.05, 3.63) is 125 Å². The number of benzene rings is 3. The first kappa shape index (κ1) is 21.3. The van der Waals surface area contributed by atoms with Crippen molar-refractivity contribution < 1.29 is 18.4 Å². The molecule has 3 aromatic carbocycles. The van der Waals surface area contributed by atoms with Gasteiger partial charge in [-0.1, -0.05) is 54.6 Å². The van der Waals surface area contributed by atoms with E-state index in [1.54, 1.807) is 30.3 Å². The van der Waals surface area contributed by atoms with Gasteiger partial charge in [0.15, 0.2) is 5.76 Å². The first-order valence-corrected chi connectivity index (χ1v) is 10.9. The van der Waals surface area contributed by atoms with E-state index >= 15 is 0 Å². The largest absolute Gasteiger partial charge is 0.459 e. The van der Waals surface area contributed by atoms with Crippen LogP contribution in [0.15, 0.2) is 106 Å². The zero-order valence-corrected chi connectivity index (χ0v) is 18.4. The minimum atomic E-state index is -0.483. The van der Waals surface area contributed by atoms with Crippen LogP contribution in [-0.2, 0) is 0 Å². The Balaban J connectivity index is 1.44. The van der Waals surface area contributed by atoms with Crippen LogP contribution in [0.2, 0.25) is 0 Å². The second kappa shape index (κ2) is 9.11. The van der Waals surface area contributed by atoms with Crippen LogP contribution in [0.25, 0.3) is 11.0 Å². The van der Waals surface area contributed by atoms with Gasteiger partial charge in [0.25, 0.3) is 11.8 Å². The van der Waals surface area contributed by atoms with Crippen LogP contribution in [0.4, 0.5) is 5.69 Å². The second-order valence-corrected chi connectivity index (χ2v) is 7.96. The van der Waals surface area contributed by atoms with E-state index in [0.29, 0.717) is 17.0 Å². The summed E-state index contributed by atoms with van der Waals surface area (Å²) in [6.45, 7) is 1.86. The molecule has 168 valence electrons. The molecule has 34 heavy (non-hydrogen) atoms. The minimum absolute atomic E-state index is 0.197. The number of fused-ring (bicyclic) bond motifs is 1. The average Bonchev–Trinajstić information content (AvgIpc) is 3.54. The number of nitrogens with one attached hydrogen (secondary N) is 2. The number of anilines is 1. The summed E-state index contributed by atoms with van der Waals surface area (Å²) in [4.78, 5) is 25.7. The number of para-hydroxylation sites is 1. The molecule has 0 radical (unpaired) electrons. The predicted octanol–water partition coefficient (Wildman–Crippen LogP) is 6.11. The summed E-state index contributed by atoms with van der Waals surface area (Å²) < 4.78 is 11.2. The number of rotatable bonds is 6. The zero-order valence-electron chi connectivity index (χ0n) is 18.4. The summed E-state index contributed by atoms with van der Waals surface area (Å²) in [6, 6.07) is 27.3. The first-order valence-electron chi connectivity index (χ1n) is 10.9. The zero-order chi connectivity index (χ0) is 23.5. The number of furan rings is 2. The molecule has 2 aromatic heterocycles. The highest BCUT2D eigenvalue weighted by molar-refractivity contribution is 6.04. The topological polar surface area (TPSA) is 84.5 Å². The van der Waals surface area contributed by atoms with E-state index in [-0.39, 0.29) is 17.6 Å². The second-order valence-electron chi connectivity index (χ2n) is 7.96. The van der Waals surface area contributed by atoms with Gasteiger partial charge in [-0.3, -0.25) is 9.59 Å². The van der Waals surface area contributed by atoms with Gasteiger partial charge in [-0.05, 0) is 54.4 Å². The average molecular weight is 450 g/mol. The van der Waals surface area contributed by atoms with Crippen molar-refractivity contribution in [1.29, 1.82) is 0 Å². The van der Waals surface area contributed by atoms with Gasteiger partial charge in [0.2, 0.25) is 0 Å². The molecule has 5 aromatic rings. The van der Waals surface area contributed by atoms with Crippen molar-refractivity contribution in [2.24, 2.45) is 0 Å². The van der Waals surface area contributed by atoms with Gasteiger partial charge >= 0.3 is 0 Å². The van der Waals surface area contributed by atoms with E-state index in [4.69, 9.17) is 8.83 Å². The third-order valence-electron chi connectivity index (χ3n) is 5.63. The van der Waals surface area contributed by atoms with E-state index in [1.807, 2.05) is 67.6 Å². The lowest BCUT2D eigenvalue weighted by molar-refractivity contribution is 0.0937. The molecule has 2 heterocycles. The van der Waals surface area contributed by atoms with Crippen LogP contribution in [0.5, 0.6) is 0 Å². The van der Waals surface area contributed by atoms with Gasteiger partial charge in [-0.25, -0.2) is 0 Å². The van der Waals surface area contributed by atoms with Crippen molar-refractivity contribution in [3.63, 3.8) is 0 Å². The number of carbonyl (C=O) groups excluding carboxylic acids is 2. The van der Waals surface area contributed by atoms with Crippen LogP contribution in [0.1, 0.15) is 43.8 Å². The summed E-state index contributed by atoms with van der Waals surface area (Å²) in [5, 5.41) is 6.87. The SMILES string of the molecule is Cc1ccc(C(=O)NC(c2ccccc2)c2cc3ccccc3o2)cc1NC(=O)c1ccco1. The molecule has 1 unspecified atom stereocenters. The molecular weight excluding hydrogens is 428 g/mol. The smallest absolute Gasteiger partial charge is 0.291 e. The number of amides is 2. The monoisotopic (exact) mass is 450 g/mol. The van der Waals surface area contributed by atoms with Crippen molar-refractivity contribution in [2.45, 2.75) is 13.0 Å². The van der Waals surface area contributed by atoms with Crippen LogP contribution in [-0.4, -0.2) is 11.8 Å². The summed E-state index contributed by atoms with van der Waals surface area (Å²) in [5.41, 5.74) is 3.43. The Morgan fingerprint density at radius 3 is 2.38 bits per heavy atom. The molecule has 5 rings (SSSR count). The molecule has 0 fully saturated rings. The molecule has 0 aliphatic heterocycles. The van der Waals surface area contributed by atoms with Crippen LogP contribution < -0.4 is 10.6 Å². The maximum Gasteiger partial charge on any atom is 0.291 e. The maximum absolute atomic E-state index is 13.3. The lowest BCUT2D eigenvalue weighted by Crippen LogP contribution is -2.29. The molecule has 0 saturated carbocycles. The van der Waals surface area contributed by atoms with E-state index in [1.165, 1.54) is 6.26 Å². The van der Waals surface area contributed by atoms with Gasteiger partial charge in [0, 0.05) is 16.6 Å². The maximum atomic E-state index is 13.3. The van der Waals surface area contributed by atoms with Crippen molar-refractivity contribution in [2.75, 3.05) is 5.32 Å². The van der Waals surface area contributed by atoms with Crippen LogP contribution in [0.3, 0.4) is 0 Å². The Labute approximate surface area is 196 Å². The van der Waals surface area contributed by atoms with Crippen molar-refractivity contribution in [1.82, 2.24) is 5.32 Å². The minimum Gasteiger partial charge on any atom is -0.459 e. The van der Waals surface area contributed by atoms with Gasteiger partial charge in [0.1, 0.15) is 17.4 Å².